The van der Waals surface area contributed by atoms with Gasteiger partial charge in [0, 0.05) is 6.61 Å². The van der Waals surface area contributed by atoms with Crippen molar-refractivity contribution in [2.45, 2.75) is 57.7 Å². The van der Waals surface area contributed by atoms with Crippen LogP contribution in [0.1, 0.15) is 40.0 Å². The van der Waals surface area contributed by atoms with Crippen LogP contribution >= 0.6 is 0 Å². The number of hydrogen-bond acceptors (Lipinski definition) is 3. The lowest BCUT2D eigenvalue weighted by Crippen LogP contribution is -2.55. The van der Waals surface area contributed by atoms with Gasteiger partial charge >= 0.3 is 0 Å². The molecule has 0 aromatic rings. The molecule has 0 aromatic carbocycles. The standard InChI is InChI=1S/C11H22N2O2/c1-4-5-9(12)10(14)13-11(3)6-7-15-8(11)2/h8-9H,4-7,12H2,1-3H3,(H,13,14)/t8?,9-,11?/m1/s1. The topological polar surface area (TPSA) is 64.4 Å². The van der Waals surface area contributed by atoms with Crippen LogP contribution in [0.4, 0.5) is 0 Å². The second-order valence-electron chi connectivity index (χ2n) is 4.56. The first kappa shape index (κ1) is 12.5. The van der Waals surface area contributed by atoms with Crippen LogP contribution in [0.2, 0.25) is 0 Å². The van der Waals surface area contributed by atoms with E-state index in [0.29, 0.717) is 6.61 Å². The van der Waals surface area contributed by atoms with E-state index in [-0.39, 0.29) is 23.6 Å². The highest BCUT2D eigenvalue weighted by atomic mass is 16.5. The first-order chi connectivity index (χ1) is 6.99. The molecule has 0 spiro atoms. The lowest BCUT2D eigenvalue weighted by Gasteiger charge is -2.30. The predicted molar refractivity (Wildman–Crippen MR) is 59.5 cm³/mol. The van der Waals surface area contributed by atoms with Crippen molar-refractivity contribution in [3.05, 3.63) is 0 Å². The Kier molecular flexibility index (Phi) is 4.11. The van der Waals surface area contributed by atoms with Gasteiger partial charge in [0.05, 0.1) is 17.7 Å². The highest BCUT2D eigenvalue weighted by Crippen LogP contribution is 2.25. The summed E-state index contributed by atoms with van der Waals surface area (Å²) in [6.07, 6.45) is 2.59. The van der Waals surface area contributed by atoms with E-state index in [1.165, 1.54) is 0 Å². The van der Waals surface area contributed by atoms with Gasteiger partial charge in [-0.15, -0.1) is 0 Å². The molecule has 4 nitrogen and oxygen atoms in total. The van der Waals surface area contributed by atoms with Gasteiger partial charge in [0.2, 0.25) is 5.91 Å². The fourth-order valence-corrected chi connectivity index (χ4v) is 1.82. The number of carbonyl (C=O) groups excluding carboxylic acids is 1. The molecule has 4 heteroatoms. The normalized spacial score (nSPS) is 32.7. The summed E-state index contributed by atoms with van der Waals surface area (Å²) in [7, 11) is 0. The Morgan fingerprint density at radius 1 is 1.73 bits per heavy atom. The molecule has 1 amide bonds. The monoisotopic (exact) mass is 214 g/mol. The maximum Gasteiger partial charge on any atom is 0.237 e. The van der Waals surface area contributed by atoms with Crippen molar-refractivity contribution in [3.63, 3.8) is 0 Å². The highest BCUT2D eigenvalue weighted by Gasteiger charge is 2.38. The van der Waals surface area contributed by atoms with Crippen molar-refractivity contribution in [3.8, 4) is 0 Å². The van der Waals surface area contributed by atoms with E-state index in [4.69, 9.17) is 10.5 Å². The highest BCUT2D eigenvalue weighted by molar-refractivity contribution is 5.82. The molecule has 1 heterocycles. The number of rotatable bonds is 4. The Morgan fingerprint density at radius 2 is 2.40 bits per heavy atom. The summed E-state index contributed by atoms with van der Waals surface area (Å²) >= 11 is 0. The van der Waals surface area contributed by atoms with Crippen LogP contribution in [0, 0.1) is 0 Å². The Morgan fingerprint density at radius 3 is 2.87 bits per heavy atom. The van der Waals surface area contributed by atoms with Gasteiger partial charge < -0.3 is 15.8 Å². The molecule has 0 saturated carbocycles. The Balaban J connectivity index is 2.49. The number of carbonyl (C=O) groups is 1. The molecule has 2 unspecified atom stereocenters. The van der Waals surface area contributed by atoms with Gasteiger partial charge in [-0.25, -0.2) is 0 Å². The van der Waals surface area contributed by atoms with Crippen LogP contribution in [0.5, 0.6) is 0 Å². The maximum atomic E-state index is 11.7. The zero-order valence-corrected chi connectivity index (χ0v) is 9.88. The molecular weight excluding hydrogens is 192 g/mol. The molecule has 3 atom stereocenters. The molecule has 1 aliphatic heterocycles. The first-order valence-electron chi connectivity index (χ1n) is 5.69. The van der Waals surface area contributed by atoms with Crippen molar-refractivity contribution in [2.75, 3.05) is 6.61 Å². The Hall–Kier alpha value is -0.610. The summed E-state index contributed by atoms with van der Waals surface area (Å²) in [6, 6.07) is -0.389. The van der Waals surface area contributed by atoms with E-state index >= 15 is 0 Å². The minimum Gasteiger partial charge on any atom is -0.376 e. The Bertz CT molecular complexity index is 233. The van der Waals surface area contributed by atoms with Crippen molar-refractivity contribution in [1.82, 2.24) is 5.32 Å². The van der Waals surface area contributed by atoms with E-state index in [1.807, 2.05) is 20.8 Å². The molecule has 1 aliphatic rings. The molecule has 15 heavy (non-hydrogen) atoms. The van der Waals surface area contributed by atoms with Gasteiger partial charge in [0.1, 0.15) is 0 Å². The van der Waals surface area contributed by atoms with Gasteiger partial charge in [0.15, 0.2) is 0 Å². The van der Waals surface area contributed by atoms with Crippen LogP contribution < -0.4 is 11.1 Å². The van der Waals surface area contributed by atoms with Gasteiger partial charge in [-0.05, 0) is 26.7 Å². The van der Waals surface area contributed by atoms with E-state index < -0.39 is 0 Å². The van der Waals surface area contributed by atoms with Crippen LogP contribution in [0.3, 0.4) is 0 Å². The van der Waals surface area contributed by atoms with E-state index in [1.54, 1.807) is 0 Å². The third-order valence-corrected chi connectivity index (χ3v) is 3.23. The average Bonchev–Trinajstić information content (AvgIpc) is 2.47. The lowest BCUT2D eigenvalue weighted by molar-refractivity contribution is -0.124. The maximum absolute atomic E-state index is 11.7. The molecule has 1 rings (SSSR count). The lowest BCUT2D eigenvalue weighted by atomic mass is 9.94. The second-order valence-corrected chi connectivity index (χ2v) is 4.56. The third kappa shape index (κ3) is 2.92. The second kappa shape index (κ2) is 4.94. The van der Waals surface area contributed by atoms with Crippen LogP contribution in [-0.2, 0) is 9.53 Å². The minimum atomic E-state index is -0.389. The van der Waals surface area contributed by atoms with E-state index in [2.05, 4.69) is 5.32 Å². The zero-order chi connectivity index (χ0) is 11.5. The Labute approximate surface area is 91.5 Å². The SMILES string of the molecule is CCC[C@@H](N)C(=O)NC1(C)CCOC1C. The molecule has 3 N–H and O–H groups in total. The van der Waals surface area contributed by atoms with E-state index in [9.17, 15) is 4.79 Å². The van der Waals surface area contributed by atoms with Gasteiger partial charge in [-0.2, -0.15) is 0 Å². The number of ether oxygens (including phenoxy) is 1. The average molecular weight is 214 g/mol. The number of amides is 1. The molecule has 0 bridgehead atoms. The van der Waals surface area contributed by atoms with Crippen molar-refractivity contribution in [2.24, 2.45) is 5.73 Å². The summed E-state index contributed by atoms with van der Waals surface area (Å²) in [4.78, 5) is 11.7. The molecule has 88 valence electrons. The summed E-state index contributed by atoms with van der Waals surface area (Å²) in [6.45, 7) is 6.73. The zero-order valence-electron chi connectivity index (χ0n) is 9.88. The number of nitrogens with one attached hydrogen (secondary N) is 1. The largest absolute Gasteiger partial charge is 0.376 e. The van der Waals surface area contributed by atoms with Gasteiger partial charge in [0.25, 0.3) is 0 Å². The molecule has 0 radical (unpaired) electrons. The molecular formula is C11H22N2O2. The molecule has 1 saturated heterocycles. The van der Waals surface area contributed by atoms with Crippen molar-refractivity contribution < 1.29 is 9.53 Å². The summed E-state index contributed by atoms with van der Waals surface area (Å²) in [5.41, 5.74) is 5.51. The van der Waals surface area contributed by atoms with Crippen LogP contribution in [0.25, 0.3) is 0 Å². The van der Waals surface area contributed by atoms with Crippen LogP contribution in [-0.4, -0.2) is 30.2 Å². The summed E-state index contributed by atoms with van der Waals surface area (Å²) in [5, 5.41) is 3.00. The van der Waals surface area contributed by atoms with Crippen molar-refractivity contribution in [1.29, 1.82) is 0 Å². The molecule has 1 fully saturated rings. The van der Waals surface area contributed by atoms with Gasteiger partial charge in [-0.3, -0.25) is 4.79 Å². The number of nitrogens with two attached hydrogens (primary N) is 1. The summed E-state index contributed by atoms with van der Waals surface area (Å²) < 4.78 is 5.45. The number of hydrogen-bond donors (Lipinski definition) is 2. The predicted octanol–water partition coefficient (Wildman–Crippen LogP) is 0.797. The first-order valence-corrected chi connectivity index (χ1v) is 5.69. The van der Waals surface area contributed by atoms with E-state index in [0.717, 1.165) is 19.3 Å². The smallest absolute Gasteiger partial charge is 0.237 e. The quantitative estimate of drug-likeness (QED) is 0.727. The fourth-order valence-electron chi connectivity index (χ4n) is 1.82. The third-order valence-electron chi connectivity index (χ3n) is 3.23. The van der Waals surface area contributed by atoms with Gasteiger partial charge in [-0.1, -0.05) is 13.3 Å². The summed E-state index contributed by atoms with van der Waals surface area (Å²) in [5.74, 6) is -0.0586. The fraction of sp³-hybridized carbons (Fsp3) is 0.909. The minimum absolute atomic E-state index is 0.0586. The van der Waals surface area contributed by atoms with Crippen molar-refractivity contribution >= 4 is 5.91 Å². The molecule has 0 aromatic heterocycles. The van der Waals surface area contributed by atoms with Crippen LogP contribution in [0.15, 0.2) is 0 Å². The molecule has 0 aliphatic carbocycles.